The molecule has 3 aliphatic rings. The van der Waals surface area contributed by atoms with E-state index in [1.54, 1.807) is 17.1 Å². The fourth-order valence-corrected chi connectivity index (χ4v) is 8.83. The molecule has 5 aromatic heterocycles. The van der Waals surface area contributed by atoms with Gasteiger partial charge in [-0.05, 0) is 62.6 Å². The van der Waals surface area contributed by atoms with Crippen molar-refractivity contribution < 1.29 is 9.26 Å². The predicted molar refractivity (Wildman–Crippen MR) is 166 cm³/mol. The summed E-state index contributed by atoms with van der Waals surface area (Å²) in [4.78, 5) is 17.9. The van der Waals surface area contributed by atoms with E-state index in [9.17, 15) is 5.26 Å². The number of nitrogen functional groups attached to an aromatic ring is 2. The maximum atomic E-state index is 10.1. The minimum absolute atomic E-state index is 0.127. The number of nitrogens with two attached hydrogens (primary N) is 2. The lowest BCUT2D eigenvalue weighted by atomic mass is 9.63. The van der Waals surface area contributed by atoms with E-state index in [-0.39, 0.29) is 6.04 Å². The average Bonchev–Trinajstić information content (AvgIpc) is 3.71. The van der Waals surface area contributed by atoms with Gasteiger partial charge in [0.25, 0.3) is 0 Å². The van der Waals surface area contributed by atoms with E-state index in [0.717, 1.165) is 77.7 Å². The molecule has 44 heavy (non-hydrogen) atoms. The number of aromatic nitrogens is 6. The van der Waals surface area contributed by atoms with Crippen LogP contribution in [0.3, 0.4) is 0 Å². The summed E-state index contributed by atoms with van der Waals surface area (Å²) >= 11 is 1.54. The predicted octanol–water partition coefficient (Wildman–Crippen LogP) is 4.57. The molecule has 224 valence electrons. The summed E-state index contributed by atoms with van der Waals surface area (Å²) < 4.78 is 14.0. The van der Waals surface area contributed by atoms with Gasteiger partial charge in [0.2, 0.25) is 0 Å². The highest BCUT2D eigenvalue weighted by atomic mass is 32.1. The van der Waals surface area contributed by atoms with Gasteiger partial charge in [-0.2, -0.15) is 10.4 Å². The molecule has 0 saturated heterocycles. The van der Waals surface area contributed by atoms with Crippen molar-refractivity contribution >= 4 is 39.0 Å². The Morgan fingerprint density at radius 1 is 1.18 bits per heavy atom. The number of hydrogen-bond acceptors (Lipinski definition) is 12. The van der Waals surface area contributed by atoms with Crippen LogP contribution in [0.5, 0.6) is 0 Å². The standard InChI is InChI=1S/C31H32N10O2S/c1-16-22-17(7-10-35-26(22)33)15-42-12-11-41(16)30-20-14-36-40(2)29(20)37-28(38-30)24-18-5-3-8-31(25(18)43-39-24)9-4-6-21-23(31)19(13-32)27(34)44-21/h7,10,14,16H,3-6,8-9,11-12,15,34H2,1-2H3,(H2,33,35). The highest BCUT2D eigenvalue weighted by molar-refractivity contribution is 7.16. The molecule has 2 unspecified atom stereocenters. The number of ether oxygens (including phenoxy) is 1. The van der Waals surface area contributed by atoms with Crippen LogP contribution in [-0.4, -0.2) is 43.0 Å². The van der Waals surface area contributed by atoms with Crippen LogP contribution in [-0.2, 0) is 36.6 Å². The lowest BCUT2D eigenvalue weighted by molar-refractivity contribution is 0.121. The van der Waals surface area contributed by atoms with Crippen molar-refractivity contribution in [3.8, 4) is 17.6 Å². The van der Waals surface area contributed by atoms with Crippen LogP contribution in [0.2, 0.25) is 0 Å². The number of nitriles is 1. The van der Waals surface area contributed by atoms with Crippen molar-refractivity contribution in [2.75, 3.05) is 29.5 Å². The van der Waals surface area contributed by atoms with Crippen LogP contribution in [0.1, 0.15) is 77.1 Å². The van der Waals surface area contributed by atoms with Gasteiger partial charge >= 0.3 is 0 Å². The van der Waals surface area contributed by atoms with Gasteiger partial charge < -0.3 is 25.6 Å². The lowest BCUT2D eigenvalue weighted by Gasteiger charge is -2.39. The highest BCUT2D eigenvalue weighted by Crippen LogP contribution is 2.55. The van der Waals surface area contributed by atoms with Crippen molar-refractivity contribution in [1.29, 1.82) is 5.26 Å². The van der Waals surface area contributed by atoms with Crippen molar-refractivity contribution in [1.82, 2.24) is 29.9 Å². The van der Waals surface area contributed by atoms with E-state index in [1.807, 2.05) is 13.1 Å². The van der Waals surface area contributed by atoms with Crippen LogP contribution in [0.25, 0.3) is 22.6 Å². The summed E-state index contributed by atoms with van der Waals surface area (Å²) in [5.74, 6) is 2.51. The van der Waals surface area contributed by atoms with E-state index < -0.39 is 5.41 Å². The first-order valence-corrected chi connectivity index (χ1v) is 15.8. The molecule has 0 amide bonds. The molecule has 5 aromatic rings. The molecule has 2 aliphatic carbocycles. The Bertz CT molecular complexity index is 1980. The third-order valence-electron chi connectivity index (χ3n) is 9.65. The molecule has 2 atom stereocenters. The Hall–Kier alpha value is -4.54. The molecule has 6 heterocycles. The Labute approximate surface area is 257 Å². The fraction of sp³-hybridized carbons (Fsp3) is 0.419. The Morgan fingerprint density at radius 3 is 2.86 bits per heavy atom. The number of thiophene rings is 1. The van der Waals surface area contributed by atoms with Crippen molar-refractivity contribution in [3.63, 3.8) is 0 Å². The zero-order chi connectivity index (χ0) is 30.2. The summed E-state index contributed by atoms with van der Waals surface area (Å²) in [7, 11) is 1.88. The molecule has 1 aliphatic heterocycles. The van der Waals surface area contributed by atoms with Crippen LogP contribution >= 0.6 is 11.3 Å². The fourth-order valence-electron chi connectivity index (χ4n) is 7.67. The molecular weight excluding hydrogens is 576 g/mol. The van der Waals surface area contributed by atoms with Crippen molar-refractivity contribution in [3.05, 3.63) is 56.9 Å². The van der Waals surface area contributed by atoms with E-state index in [0.29, 0.717) is 53.3 Å². The van der Waals surface area contributed by atoms with Gasteiger partial charge in [0.15, 0.2) is 22.9 Å². The Balaban J connectivity index is 1.30. The van der Waals surface area contributed by atoms with Gasteiger partial charge in [-0.3, -0.25) is 4.68 Å². The molecule has 12 nitrogen and oxygen atoms in total. The number of anilines is 3. The normalized spacial score (nSPS) is 21.4. The lowest BCUT2D eigenvalue weighted by Crippen LogP contribution is -2.35. The second-order valence-corrected chi connectivity index (χ2v) is 13.1. The smallest absolute Gasteiger partial charge is 0.186 e. The number of fused-ring (bicyclic) bond motifs is 6. The number of nitrogens with zero attached hydrogens (tertiary/aromatic N) is 8. The zero-order valence-electron chi connectivity index (χ0n) is 24.6. The number of aryl methyl sites for hydroxylation is 2. The third-order valence-corrected chi connectivity index (χ3v) is 10.7. The largest absolute Gasteiger partial charge is 0.389 e. The first-order valence-electron chi connectivity index (χ1n) is 15.0. The summed E-state index contributed by atoms with van der Waals surface area (Å²) in [6, 6.07) is 4.23. The zero-order valence-corrected chi connectivity index (χ0v) is 25.4. The first-order chi connectivity index (χ1) is 21.4. The van der Waals surface area contributed by atoms with Crippen LogP contribution in [0, 0.1) is 11.3 Å². The van der Waals surface area contributed by atoms with Gasteiger partial charge in [0.05, 0.1) is 41.8 Å². The van der Waals surface area contributed by atoms with Gasteiger partial charge in [-0.15, -0.1) is 11.3 Å². The number of hydrogen-bond donors (Lipinski definition) is 2. The quantitative estimate of drug-likeness (QED) is 0.288. The monoisotopic (exact) mass is 608 g/mol. The van der Waals surface area contributed by atoms with Crippen LogP contribution in [0.15, 0.2) is 23.0 Å². The molecule has 0 aromatic carbocycles. The molecule has 13 heteroatoms. The summed E-state index contributed by atoms with van der Waals surface area (Å²) in [6.45, 7) is 3.71. The SMILES string of the molecule is CC1c2c(ccnc2N)COCCN1c1nc(-c2noc3c2CCCC32CCCc3sc(N)c(C#N)c32)nc2c1cnn2C. The van der Waals surface area contributed by atoms with E-state index >= 15 is 0 Å². The second kappa shape index (κ2) is 10.0. The molecule has 0 bridgehead atoms. The van der Waals surface area contributed by atoms with Crippen molar-refractivity contribution in [2.45, 2.75) is 63.5 Å². The van der Waals surface area contributed by atoms with Gasteiger partial charge in [-0.25, -0.2) is 15.0 Å². The third kappa shape index (κ3) is 3.80. The Kier molecular flexibility index (Phi) is 6.15. The molecule has 0 radical (unpaired) electrons. The Morgan fingerprint density at radius 2 is 2.02 bits per heavy atom. The molecule has 1 spiro atoms. The summed E-state index contributed by atoms with van der Waals surface area (Å²) in [5.41, 5.74) is 18.3. The topological polar surface area (TPSA) is 171 Å². The average molecular weight is 609 g/mol. The highest BCUT2D eigenvalue weighted by Gasteiger charge is 2.49. The summed E-state index contributed by atoms with van der Waals surface area (Å²) in [6.07, 6.45) is 8.95. The maximum absolute atomic E-state index is 10.1. The maximum Gasteiger partial charge on any atom is 0.186 e. The first kappa shape index (κ1) is 27.0. The van der Waals surface area contributed by atoms with Crippen LogP contribution < -0.4 is 16.4 Å². The molecular formula is C31H32N10O2S. The number of rotatable bonds is 2. The van der Waals surface area contributed by atoms with Gasteiger partial charge in [-0.1, -0.05) is 5.16 Å². The molecule has 0 fully saturated rings. The number of pyridine rings is 1. The minimum atomic E-state index is -0.422. The molecule has 0 saturated carbocycles. The molecule has 8 rings (SSSR count). The van der Waals surface area contributed by atoms with Crippen LogP contribution in [0.4, 0.5) is 16.6 Å². The van der Waals surface area contributed by atoms with Gasteiger partial charge in [0.1, 0.15) is 22.7 Å². The van der Waals surface area contributed by atoms with Gasteiger partial charge in [0, 0.05) is 35.8 Å². The van der Waals surface area contributed by atoms with E-state index in [4.69, 9.17) is 30.7 Å². The van der Waals surface area contributed by atoms with E-state index in [2.05, 4.69) is 33.1 Å². The second-order valence-electron chi connectivity index (χ2n) is 11.9. The van der Waals surface area contributed by atoms with Crippen molar-refractivity contribution in [2.24, 2.45) is 7.05 Å². The molecule has 4 N–H and O–H groups in total. The minimum Gasteiger partial charge on any atom is -0.389 e. The van der Waals surface area contributed by atoms with E-state index in [1.165, 1.54) is 16.2 Å². The summed E-state index contributed by atoms with van der Waals surface area (Å²) in [5, 5.41) is 20.7.